The van der Waals surface area contributed by atoms with Gasteiger partial charge in [-0.3, -0.25) is 4.99 Å². The number of halogens is 2. The lowest BCUT2D eigenvalue weighted by molar-refractivity contribution is 0.0531. The fourth-order valence-electron chi connectivity index (χ4n) is 3.22. The third-order valence-electron chi connectivity index (χ3n) is 4.80. The number of rotatable bonds is 5. The average Bonchev–Trinajstić information content (AvgIpc) is 2.68. The second-order valence-corrected chi connectivity index (χ2v) is 6.89. The summed E-state index contributed by atoms with van der Waals surface area (Å²) in [6.45, 7) is 2.02. The highest BCUT2D eigenvalue weighted by molar-refractivity contribution is 14.0. The van der Waals surface area contributed by atoms with Crippen molar-refractivity contribution < 1.29 is 9.47 Å². The van der Waals surface area contributed by atoms with Crippen molar-refractivity contribution in [1.29, 1.82) is 0 Å². The number of nitrogens with zero attached hydrogens (tertiary/aromatic N) is 1. The SMILES string of the molecule is COc1ccc(NC(N)=NCC2(c3cccc(Cl)c3)CCOCC2)cc1.I. The number of hydrogen-bond acceptors (Lipinski definition) is 3. The Morgan fingerprint density at radius 1 is 1.22 bits per heavy atom. The maximum absolute atomic E-state index is 6.21. The molecule has 0 saturated carbocycles. The molecule has 0 bridgehead atoms. The summed E-state index contributed by atoms with van der Waals surface area (Å²) >= 11 is 6.21. The molecule has 2 aromatic carbocycles. The highest BCUT2D eigenvalue weighted by atomic mass is 127. The molecule has 0 unspecified atom stereocenters. The van der Waals surface area contributed by atoms with Crippen molar-refractivity contribution in [2.75, 3.05) is 32.2 Å². The Kier molecular flexibility index (Phi) is 8.19. The molecule has 2 aromatic rings. The monoisotopic (exact) mass is 501 g/mol. The zero-order valence-corrected chi connectivity index (χ0v) is 18.4. The van der Waals surface area contributed by atoms with Crippen molar-refractivity contribution in [2.24, 2.45) is 10.7 Å². The van der Waals surface area contributed by atoms with Gasteiger partial charge in [-0.05, 0) is 54.8 Å². The van der Waals surface area contributed by atoms with E-state index >= 15 is 0 Å². The molecule has 1 heterocycles. The van der Waals surface area contributed by atoms with Gasteiger partial charge in [0.25, 0.3) is 0 Å². The van der Waals surface area contributed by atoms with Gasteiger partial charge in [-0.1, -0.05) is 23.7 Å². The Bertz CT molecular complexity index is 762. The number of hydrogen-bond donors (Lipinski definition) is 2. The van der Waals surface area contributed by atoms with Gasteiger partial charge in [0, 0.05) is 29.3 Å². The van der Waals surface area contributed by atoms with E-state index in [1.165, 1.54) is 5.56 Å². The lowest BCUT2D eigenvalue weighted by Crippen LogP contribution is -2.38. The maximum Gasteiger partial charge on any atom is 0.193 e. The van der Waals surface area contributed by atoms with Gasteiger partial charge in [-0.2, -0.15) is 0 Å². The molecule has 1 fully saturated rings. The van der Waals surface area contributed by atoms with Gasteiger partial charge in [0.2, 0.25) is 0 Å². The van der Waals surface area contributed by atoms with Gasteiger partial charge in [0.05, 0.1) is 13.7 Å². The van der Waals surface area contributed by atoms with Crippen LogP contribution in [0.25, 0.3) is 0 Å². The molecular formula is C20H25ClIN3O2. The summed E-state index contributed by atoms with van der Waals surface area (Å²) in [6, 6.07) is 15.6. The maximum atomic E-state index is 6.21. The normalized spacial score (nSPS) is 16.3. The van der Waals surface area contributed by atoms with Crippen LogP contribution in [0.3, 0.4) is 0 Å². The Morgan fingerprint density at radius 3 is 2.56 bits per heavy atom. The number of guanidine groups is 1. The molecule has 1 aliphatic rings. The van der Waals surface area contributed by atoms with Crippen molar-refractivity contribution in [3.63, 3.8) is 0 Å². The van der Waals surface area contributed by atoms with Crippen LogP contribution < -0.4 is 15.8 Å². The molecule has 7 heteroatoms. The Balaban J connectivity index is 0.00000261. The first-order valence-electron chi connectivity index (χ1n) is 8.66. The number of methoxy groups -OCH3 is 1. The highest BCUT2D eigenvalue weighted by Gasteiger charge is 2.34. The lowest BCUT2D eigenvalue weighted by atomic mass is 9.74. The van der Waals surface area contributed by atoms with Gasteiger partial charge in [-0.25, -0.2) is 0 Å². The third kappa shape index (κ3) is 5.73. The number of nitrogens with one attached hydrogen (secondary N) is 1. The lowest BCUT2D eigenvalue weighted by Gasteiger charge is -2.36. The summed E-state index contributed by atoms with van der Waals surface area (Å²) in [5.74, 6) is 1.19. The second kappa shape index (κ2) is 10.1. The summed E-state index contributed by atoms with van der Waals surface area (Å²) < 4.78 is 10.7. The minimum absolute atomic E-state index is 0. The molecule has 0 atom stereocenters. The van der Waals surface area contributed by atoms with Gasteiger partial charge < -0.3 is 20.5 Å². The largest absolute Gasteiger partial charge is 0.497 e. The van der Waals surface area contributed by atoms with Crippen LogP contribution in [0.2, 0.25) is 5.02 Å². The molecule has 5 nitrogen and oxygen atoms in total. The average molecular weight is 502 g/mol. The molecule has 1 aliphatic heterocycles. The van der Waals surface area contributed by atoms with E-state index < -0.39 is 0 Å². The molecule has 0 aromatic heterocycles. The molecule has 0 amide bonds. The van der Waals surface area contributed by atoms with Gasteiger partial charge in [-0.15, -0.1) is 24.0 Å². The van der Waals surface area contributed by atoms with Crippen LogP contribution in [-0.2, 0) is 10.2 Å². The fraction of sp³-hybridized carbons (Fsp3) is 0.350. The van der Waals surface area contributed by atoms with Crippen LogP contribution >= 0.6 is 35.6 Å². The van der Waals surface area contributed by atoms with Crippen molar-refractivity contribution in [3.05, 3.63) is 59.1 Å². The Labute approximate surface area is 182 Å². The topological polar surface area (TPSA) is 68.9 Å². The summed E-state index contributed by atoms with van der Waals surface area (Å²) in [7, 11) is 1.64. The highest BCUT2D eigenvalue weighted by Crippen LogP contribution is 2.36. The number of aliphatic imine (C=N–C) groups is 1. The molecule has 27 heavy (non-hydrogen) atoms. The fourth-order valence-corrected chi connectivity index (χ4v) is 3.41. The molecule has 146 valence electrons. The summed E-state index contributed by atoms with van der Waals surface area (Å²) in [4.78, 5) is 4.62. The van der Waals surface area contributed by atoms with E-state index in [2.05, 4.69) is 16.4 Å². The molecule has 0 radical (unpaired) electrons. The Morgan fingerprint density at radius 2 is 1.93 bits per heavy atom. The van der Waals surface area contributed by atoms with Crippen LogP contribution in [0.5, 0.6) is 5.75 Å². The van der Waals surface area contributed by atoms with Gasteiger partial charge in [0.1, 0.15) is 5.75 Å². The van der Waals surface area contributed by atoms with E-state index in [0.717, 1.165) is 29.3 Å². The molecule has 1 saturated heterocycles. The molecular weight excluding hydrogens is 477 g/mol. The summed E-state index contributed by atoms with van der Waals surface area (Å²) in [5, 5.41) is 3.87. The quantitative estimate of drug-likeness (QED) is 0.361. The third-order valence-corrected chi connectivity index (χ3v) is 5.04. The minimum Gasteiger partial charge on any atom is -0.497 e. The number of nitrogens with two attached hydrogens (primary N) is 1. The van der Waals surface area contributed by atoms with E-state index in [4.69, 9.17) is 26.8 Å². The zero-order valence-electron chi connectivity index (χ0n) is 15.3. The summed E-state index contributed by atoms with van der Waals surface area (Å²) in [5.41, 5.74) is 8.07. The molecule has 3 rings (SSSR count). The Hall–Kier alpha value is -1.51. The van der Waals surface area contributed by atoms with Crippen LogP contribution in [-0.4, -0.2) is 32.8 Å². The van der Waals surface area contributed by atoms with E-state index in [-0.39, 0.29) is 29.4 Å². The van der Waals surface area contributed by atoms with Crippen molar-refractivity contribution in [2.45, 2.75) is 18.3 Å². The van der Waals surface area contributed by atoms with Gasteiger partial charge in [0.15, 0.2) is 5.96 Å². The standard InChI is InChI=1S/C20H24ClN3O2.HI/c1-25-18-7-5-17(6-8-18)24-19(22)23-14-20(9-11-26-12-10-20)15-3-2-4-16(21)13-15;/h2-8,13H,9-12,14H2,1H3,(H3,22,23,24);1H. The van der Waals surface area contributed by atoms with Crippen LogP contribution in [0, 0.1) is 0 Å². The van der Waals surface area contributed by atoms with Crippen LogP contribution in [0.15, 0.2) is 53.5 Å². The van der Waals surface area contributed by atoms with E-state index in [1.54, 1.807) is 7.11 Å². The van der Waals surface area contributed by atoms with Crippen molar-refractivity contribution in [3.8, 4) is 5.75 Å². The minimum atomic E-state index is -0.102. The van der Waals surface area contributed by atoms with E-state index in [9.17, 15) is 0 Å². The first-order chi connectivity index (χ1) is 12.6. The number of anilines is 1. The number of ether oxygens (including phenoxy) is 2. The zero-order chi connectivity index (χ0) is 18.4. The van der Waals surface area contributed by atoms with Crippen molar-refractivity contribution in [1.82, 2.24) is 0 Å². The van der Waals surface area contributed by atoms with E-state index in [1.807, 2.05) is 42.5 Å². The predicted octanol–water partition coefficient (Wildman–Crippen LogP) is 4.44. The van der Waals surface area contributed by atoms with Crippen LogP contribution in [0.1, 0.15) is 18.4 Å². The number of benzene rings is 2. The van der Waals surface area contributed by atoms with Crippen molar-refractivity contribution >= 4 is 47.2 Å². The van der Waals surface area contributed by atoms with E-state index in [0.29, 0.717) is 25.7 Å². The molecule has 0 aliphatic carbocycles. The van der Waals surface area contributed by atoms with Crippen LogP contribution in [0.4, 0.5) is 5.69 Å². The van der Waals surface area contributed by atoms with Gasteiger partial charge >= 0.3 is 0 Å². The molecule has 3 N–H and O–H groups in total. The smallest absolute Gasteiger partial charge is 0.193 e. The first kappa shape index (κ1) is 21.8. The first-order valence-corrected chi connectivity index (χ1v) is 9.04. The summed E-state index contributed by atoms with van der Waals surface area (Å²) in [6.07, 6.45) is 1.79. The predicted molar refractivity (Wildman–Crippen MR) is 122 cm³/mol. The molecule has 0 spiro atoms. The second-order valence-electron chi connectivity index (χ2n) is 6.46.